The number of carbonyl (C=O) groups excluding carboxylic acids is 1. The van der Waals surface area contributed by atoms with Crippen molar-refractivity contribution in [2.24, 2.45) is 0 Å². The molecule has 94 valence electrons. The van der Waals surface area contributed by atoms with E-state index in [9.17, 15) is 4.79 Å². The Balaban J connectivity index is 2.41. The van der Waals surface area contributed by atoms with Crippen molar-refractivity contribution in [3.05, 3.63) is 41.7 Å². The van der Waals surface area contributed by atoms with Crippen molar-refractivity contribution in [3.63, 3.8) is 0 Å². The lowest BCUT2D eigenvalue weighted by atomic mass is 10.0. The molecule has 0 saturated heterocycles. The second-order valence-electron chi connectivity index (χ2n) is 4.53. The molecule has 2 rings (SSSR count). The second-order valence-corrected chi connectivity index (χ2v) is 4.53. The fourth-order valence-electron chi connectivity index (χ4n) is 2.05. The predicted molar refractivity (Wildman–Crippen MR) is 72.7 cm³/mol. The van der Waals surface area contributed by atoms with Crippen LogP contribution in [0.15, 0.2) is 30.5 Å². The number of Topliss-reactive ketones (excluding diaryl/α,β-unsaturated/α-hetero) is 1. The molecule has 0 radical (unpaired) electrons. The van der Waals surface area contributed by atoms with Crippen LogP contribution in [-0.2, 0) is 6.54 Å². The molecular formula is C15H18N2O. The number of hydrogen-bond acceptors (Lipinski definition) is 2. The van der Waals surface area contributed by atoms with Gasteiger partial charge in [-0.25, -0.2) is 0 Å². The molecule has 0 aliphatic heterocycles. The maximum absolute atomic E-state index is 11.4. The van der Waals surface area contributed by atoms with Crippen LogP contribution in [0.3, 0.4) is 0 Å². The zero-order chi connectivity index (χ0) is 13.1. The molecule has 0 unspecified atom stereocenters. The summed E-state index contributed by atoms with van der Waals surface area (Å²) in [5.74, 6) is 0.0930. The zero-order valence-corrected chi connectivity index (χ0v) is 11.1. The molecule has 0 atom stereocenters. The topological polar surface area (TPSA) is 34.9 Å². The van der Waals surface area contributed by atoms with Gasteiger partial charge in [0, 0.05) is 23.9 Å². The highest BCUT2D eigenvalue weighted by Crippen LogP contribution is 2.23. The van der Waals surface area contributed by atoms with Crippen molar-refractivity contribution in [1.82, 2.24) is 9.78 Å². The normalized spacial score (nSPS) is 10.6. The minimum Gasteiger partial charge on any atom is -0.295 e. The Hall–Kier alpha value is -1.90. The maximum atomic E-state index is 11.4. The first-order valence-electron chi connectivity index (χ1n) is 6.27. The van der Waals surface area contributed by atoms with Gasteiger partial charge in [-0.3, -0.25) is 9.48 Å². The Labute approximate surface area is 107 Å². The number of ketones is 1. The van der Waals surface area contributed by atoms with Crippen molar-refractivity contribution in [1.29, 1.82) is 0 Å². The van der Waals surface area contributed by atoms with Crippen LogP contribution in [0.2, 0.25) is 0 Å². The zero-order valence-electron chi connectivity index (χ0n) is 11.1. The number of aryl methyl sites for hydroxylation is 2. The van der Waals surface area contributed by atoms with Crippen LogP contribution in [0, 0.1) is 6.92 Å². The first-order chi connectivity index (χ1) is 8.61. The fourth-order valence-corrected chi connectivity index (χ4v) is 2.05. The van der Waals surface area contributed by atoms with Crippen LogP contribution in [0.5, 0.6) is 0 Å². The van der Waals surface area contributed by atoms with Gasteiger partial charge < -0.3 is 0 Å². The Morgan fingerprint density at radius 3 is 2.83 bits per heavy atom. The fraction of sp³-hybridized carbons (Fsp3) is 0.333. The average Bonchev–Trinajstić information content (AvgIpc) is 2.71. The van der Waals surface area contributed by atoms with E-state index in [1.165, 1.54) is 0 Å². The van der Waals surface area contributed by atoms with E-state index < -0.39 is 0 Å². The molecule has 0 fully saturated rings. The summed E-state index contributed by atoms with van der Waals surface area (Å²) in [5.41, 5.74) is 3.91. The molecule has 2 aromatic rings. The van der Waals surface area contributed by atoms with Gasteiger partial charge in [-0.2, -0.15) is 5.10 Å². The van der Waals surface area contributed by atoms with E-state index in [2.05, 4.69) is 18.2 Å². The third-order valence-electron chi connectivity index (χ3n) is 2.98. The van der Waals surface area contributed by atoms with Crippen molar-refractivity contribution in [3.8, 4) is 11.1 Å². The molecule has 0 aliphatic carbocycles. The quantitative estimate of drug-likeness (QED) is 0.769. The number of aromatic nitrogens is 2. The van der Waals surface area contributed by atoms with Crippen molar-refractivity contribution in [2.75, 3.05) is 0 Å². The highest BCUT2D eigenvalue weighted by atomic mass is 16.1. The van der Waals surface area contributed by atoms with E-state index in [0.717, 1.165) is 35.3 Å². The van der Waals surface area contributed by atoms with Gasteiger partial charge in [-0.1, -0.05) is 25.1 Å². The first kappa shape index (κ1) is 12.6. The van der Waals surface area contributed by atoms with Gasteiger partial charge in [-0.05, 0) is 31.9 Å². The summed E-state index contributed by atoms with van der Waals surface area (Å²) in [4.78, 5) is 11.4. The monoisotopic (exact) mass is 242 g/mol. The standard InChI is InChI=1S/C15H18N2O/c1-4-8-17-10-15(11(2)16-17)14-7-5-6-13(9-14)12(3)18/h5-7,9-10H,4,8H2,1-3H3. The molecule has 0 aliphatic rings. The third-order valence-corrected chi connectivity index (χ3v) is 2.98. The van der Waals surface area contributed by atoms with Gasteiger partial charge in [0.2, 0.25) is 0 Å². The molecule has 1 aromatic heterocycles. The Morgan fingerprint density at radius 1 is 1.39 bits per heavy atom. The summed E-state index contributed by atoms with van der Waals surface area (Å²) in [6, 6.07) is 7.72. The van der Waals surface area contributed by atoms with Crippen LogP contribution < -0.4 is 0 Å². The van der Waals surface area contributed by atoms with Gasteiger partial charge in [0.05, 0.1) is 5.69 Å². The summed E-state index contributed by atoms with van der Waals surface area (Å²) < 4.78 is 1.96. The molecule has 3 nitrogen and oxygen atoms in total. The lowest BCUT2D eigenvalue weighted by Gasteiger charge is -2.01. The highest BCUT2D eigenvalue weighted by Gasteiger charge is 2.08. The molecule has 0 spiro atoms. The summed E-state index contributed by atoms with van der Waals surface area (Å²) >= 11 is 0. The third kappa shape index (κ3) is 2.50. The predicted octanol–water partition coefficient (Wildman–Crippen LogP) is 3.47. The summed E-state index contributed by atoms with van der Waals surface area (Å²) in [7, 11) is 0. The second kappa shape index (κ2) is 5.17. The Kier molecular flexibility index (Phi) is 3.60. The van der Waals surface area contributed by atoms with Crippen LogP contribution >= 0.6 is 0 Å². The van der Waals surface area contributed by atoms with E-state index in [4.69, 9.17) is 0 Å². The van der Waals surface area contributed by atoms with Crippen molar-refractivity contribution < 1.29 is 4.79 Å². The lowest BCUT2D eigenvalue weighted by molar-refractivity contribution is 0.101. The molecule has 1 aromatic carbocycles. The van der Waals surface area contributed by atoms with Crippen LogP contribution in [-0.4, -0.2) is 15.6 Å². The molecule has 0 saturated carbocycles. The number of hydrogen-bond donors (Lipinski definition) is 0. The minimum atomic E-state index is 0.0930. The van der Waals surface area contributed by atoms with Gasteiger partial charge in [0.25, 0.3) is 0 Å². The molecule has 0 N–H and O–H groups in total. The highest BCUT2D eigenvalue weighted by molar-refractivity contribution is 5.95. The van der Waals surface area contributed by atoms with Crippen LogP contribution in [0.1, 0.15) is 36.3 Å². The maximum Gasteiger partial charge on any atom is 0.159 e. The van der Waals surface area contributed by atoms with Gasteiger partial charge >= 0.3 is 0 Å². The number of rotatable bonds is 4. The summed E-state index contributed by atoms with van der Waals surface area (Å²) in [6.45, 7) is 6.65. The van der Waals surface area contributed by atoms with E-state index in [0.29, 0.717) is 0 Å². The largest absolute Gasteiger partial charge is 0.295 e. The number of benzene rings is 1. The van der Waals surface area contributed by atoms with E-state index in [-0.39, 0.29) is 5.78 Å². The summed E-state index contributed by atoms with van der Waals surface area (Å²) in [5, 5.41) is 4.48. The number of nitrogens with zero attached hydrogens (tertiary/aromatic N) is 2. The van der Waals surface area contributed by atoms with Gasteiger partial charge in [0.15, 0.2) is 5.78 Å². The van der Waals surface area contributed by atoms with E-state index in [1.54, 1.807) is 6.92 Å². The summed E-state index contributed by atoms with van der Waals surface area (Å²) in [6.07, 6.45) is 3.12. The minimum absolute atomic E-state index is 0.0930. The molecule has 3 heteroatoms. The molecule has 0 amide bonds. The molecule has 1 heterocycles. The van der Waals surface area contributed by atoms with Gasteiger partial charge in [-0.15, -0.1) is 0 Å². The lowest BCUT2D eigenvalue weighted by Crippen LogP contribution is -1.96. The van der Waals surface area contributed by atoms with Crippen molar-refractivity contribution >= 4 is 5.78 Å². The Morgan fingerprint density at radius 2 is 2.17 bits per heavy atom. The average molecular weight is 242 g/mol. The van der Waals surface area contributed by atoms with Gasteiger partial charge in [0.1, 0.15) is 0 Å². The van der Waals surface area contributed by atoms with Crippen LogP contribution in [0.25, 0.3) is 11.1 Å². The molecular weight excluding hydrogens is 224 g/mol. The molecule has 18 heavy (non-hydrogen) atoms. The van der Waals surface area contributed by atoms with E-state index >= 15 is 0 Å². The van der Waals surface area contributed by atoms with Crippen molar-refractivity contribution in [2.45, 2.75) is 33.7 Å². The first-order valence-corrected chi connectivity index (χ1v) is 6.27. The molecule has 0 bridgehead atoms. The van der Waals surface area contributed by atoms with E-state index in [1.807, 2.05) is 35.9 Å². The van der Waals surface area contributed by atoms with Crippen LogP contribution in [0.4, 0.5) is 0 Å². The smallest absolute Gasteiger partial charge is 0.159 e. The number of carbonyl (C=O) groups is 1. The Bertz CT molecular complexity index is 570. The SMILES string of the molecule is CCCn1cc(-c2cccc(C(C)=O)c2)c(C)n1.